The second-order valence-electron chi connectivity index (χ2n) is 3.86. The molecule has 11 heavy (non-hydrogen) atoms. The largest absolute Gasteiger partial charge is 0.298 e. The molecule has 2 aliphatic carbocycles. The number of Topliss-reactive ketones (excluding diaryl/α,β-unsaturated/α-hetero) is 1. The molecule has 1 nitrogen and oxygen atoms in total. The number of hydrogen-bond acceptors (Lipinski definition) is 1. The number of carbonyl (C=O) groups is 1. The molecule has 0 radical (unpaired) electrons. The molecule has 2 rings (SSSR count). The zero-order valence-electron chi connectivity index (χ0n) is 6.61. The van der Waals surface area contributed by atoms with Gasteiger partial charge in [-0.3, -0.25) is 4.79 Å². The van der Waals surface area contributed by atoms with Crippen LogP contribution in [0.5, 0.6) is 0 Å². The van der Waals surface area contributed by atoms with Crippen LogP contribution < -0.4 is 0 Å². The lowest BCUT2D eigenvalue weighted by atomic mass is 9.86. The average molecular weight is 173 g/mol. The Labute approximate surface area is 72.1 Å². The molecule has 0 bridgehead atoms. The zero-order valence-corrected chi connectivity index (χ0v) is 7.36. The first-order chi connectivity index (χ1) is 5.29. The van der Waals surface area contributed by atoms with Gasteiger partial charge in [0.25, 0.3) is 0 Å². The first-order valence-electron chi connectivity index (χ1n) is 4.39. The van der Waals surface area contributed by atoms with Crippen LogP contribution >= 0.6 is 11.6 Å². The van der Waals surface area contributed by atoms with E-state index in [1.54, 1.807) is 0 Å². The van der Waals surface area contributed by atoms with E-state index >= 15 is 0 Å². The van der Waals surface area contributed by atoms with Crippen LogP contribution in [0.25, 0.3) is 0 Å². The third-order valence-corrected chi connectivity index (χ3v) is 3.58. The van der Waals surface area contributed by atoms with Gasteiger partial charge in [-0.2, -0.15) is 0 Å². The molecular formula is C9H13ClO. The van der Waals surface area contributed by atoms with Crippen molar-refractivity contribution in [1.82, 2.24) is 0 Å². The van der Waals surface area contributed by atoms with Gasteiger partial charge in [0.1, 0.15) is 0 Å². The Morgan fingerprint density at radius 1 is 1.55 bits per heavy atom. The van der Waals surface area contributed by atoms with Crippen LogP contribution in [0.2, 0.25) is 0 Å². The van der Waals surface area contributed by atoms with Crippen LogP contribution in [0.3, 0.4) is 0 Å². The molecule has 2 saturated carbocycles. The van der Waals surface area contributed by atoms with Crippen molar-refractivity contribution >= 4 is 17.4 Å². The molecule has 0 aromatic rings. The molecule has 0 N–H and O–H groups in total. The molecule has 0 amide bonds. The first-order valence-corrected chi connectivity index (χ1v) is 4.92. The standard InChI is InChI=1S/C9H13ClO/c10-6-8(11)9-4-2-1-3-7(9)5-9/h7H,1-6H2. The van der Waals surface area contributed by atoms with Crippen molar-refractivity contribution < 1.29 is 4.79 Å². The molecule has 0 heterocycles. The monoisotopic (exact) mass is 172 g/mol. The van der Waals surface area contributed by atoms with Crippen LogP contribution in [-0.4, -0.2) is 11.7 Å². The van der Waals surface area contributed by atoms with Gasteiger partial charge in [0.05, 0.1) is 5.88 Å². The molecule has 0 spiro atoms. The van der Waals surface area contributed by atoms with E-state index in [1.807, 2.05) is 0 Å². The quantitative estimate of drug-likeness (QED) is 0.585. The molecule has 2 fully saturated rings. The number of rotatable bonds is 2. The maximum atomic E-state index is 11.4. The predicted octanol–water partition coefficient (Wildman–Crippen LogP) is 2.37. The molecule has 2 aliphatic rings. The first kappa shape index (κ1) is 7.60. The van der Waals surface area contributed by atoms with Crippen LogP contribution in [0.15, 0.2) is 0 Å². The van der Waals surface area contributed by atoms with E-state index in [1.165, 1.54) is 19.3 Å². The van der Waals surface area contributed by atoms with E-state index in [-0.39, 0.29) is 11.3 Å². The second-order valence-corrected chi connectivity index (χ2v) is 4.13. The van der Waals surface area contributed by atoms with Crippen molar-refractivity contribution in [1.29, 1.82) is 0 Å². The lowest BCUT2D eigenvalue weighted by Crippen LogP contribution is -2.22. The number of alkyl halides is 1. The fourth-order valence-corrected chi connectivity index (χ4v) is 2.78. The van der Waals surface area contributed by atoms with Crippen LogP contribution in [0.4, 0.5) is 0 Å². The number of hydrogen-bond donors (Lipinski definition) is 0. The van der Waals surface area contributed by atoms with Gasteiger partial charge < -0.3 is 0 Å². The molecule has 2 atom stereocenters. The minimum absolute atomic E-state index is 0.0833. The molecule has 0 aromatic carbocycles. The van der Waals surface area contributed by atoms with Gasteiger partial charge in [0.15, 0.2) is 5.78 Å². The maximum Gasteiger partial charge on any atom is 0.154 e. The molecule has 2 unspecified atom stereocenters. The summed E-state index contributed by atoms with van der Waals surface area (Å²) in [7, 11) is 0. The van der Waals surface area contributed by atoms with Crippen molar-refractivity contribution in [3.05, 3.63) is 0 Å². The van der Waals surface area contributed by atoms with E-state index in [4.69, 9.17) is 11.6 Å². The lowest BCUT2D eigenvalue weighted by molar-refractivity contribution is -0.122. The zero-order chi connectivity index (χ0) is 7.90. The summed E-state index contributed by atoms with van der Waals surface area (Å²) >= 11 is 5.55. The van der Waals surface area contributed by atoms with E-state index in [2.05, 4.69) is 0 Å². The highest BCUT2D eigenvalue weighted by atomic mass is 35.5. The van der Waals surface area contributed by atoms with Gasteiger partial charge in [-0.15, -0.1) is 11.6 Å². The maximum absolute atomic E-state index is 11.4. The third kappa shape index (κ3) is 1.01. The Balaban J connectivity index is 2.07. The molecule has 0 saturated heterocycles. The summed E-state index contributed by atoms with van der Waals surface area (Å²) in [4.78, 5) is 11.4. The number of carbonyl (C=O) groups excluding carboxylic acids is 1. The Kier molecular flexibility index (Phi) is 1.71. The van der Waals surface area contributed by atoms with Gasteiger partial charge >= 0.3 is 0 Å². The minimum Gasteiger partial charge on any atom is -0.298 e. The summed E-state index contributed by atoms with van der Waals surface area (Å²) < 4.78 is 0. The van der Waals surface area contributed by atoms with Gasteiger partial charge in [-0.05, 0) is 25.2 Å². The molecule has 0 aromatic heterocycles. The van der Waals surface area contributed by atoms with Gasteiger partial charge in [-0.25, -0.2) is 0 Å². The molecule has 62 valence electrons. The number of fused-ring (bicyclic) bond motifs is 1. The Hall–Kier alpha value is -0.0400. The average Bonchev–Trinajstić information content (AvgIpc) is 2.78. The van der Waals surface area contributed by atoms with Gasteiger partial charge in [-0.1, -0.05) is 12.8 Å². The van der Waals surface area contributed by atoms with Crippen LogP contribution in [0.1, 0.15) is 32.1 Å². The topological polar surface area (TPSA) is 17.1 Å². The normalized spacial score (nSPS) is 41.4. The third-order valence-electron chi connectivity index (χ3n) is 3.33. The summed E-state index contributed by atoms with van der Waals surface area (Å²) in [5, 5.41) is 0. The van der Waals surface area contributed by atoms with Crippen molar-refractivity contribution in [2.75, 3.05) is 5.88 Å². The van der Waals surface area contributed by atoms with E-state index in [0.717, 1.165) is 12.8 Å². The second kappa shape index (κ2) is 2.48. The number of ketones is 1. The Morgan fingerprint density at radius 2 is 2.36 bits per heavy atom. The molecule has 2 heteroatoms. The predicted molar refractivity (Wildman–Crippen MR) is 44.7 cm³/mol. The van der Waals surface area contributed by atoms with Crippen LogP contribution in [-0.2, 0) is 4.79 Å². The fraction of sp³-hybridized carbons (Fsp3) is 0.889. The van der Waals surface area contributed by atoms with E-state index < -0.39 is 0 Å². The Morgan fingerprint density at radius 3 is 3.00 bits per heavy atom. The SMILES string of the molecule is O=C(CCl)C12CCCCC1C2. The van der Waals surface area contributed by atoms with Crippen molar-refractivity contribution in [3.63, 3.8) is 0 Å². The summed E-state index contributed by atoms with van der Waals surface area (Å²) in [5.41, 5.74) is 0.0833. The number of halogens is 1. The highest BCUT2D eigenvalue weighted by Crippen LogP contribution is 2.61. The van der Waals surface area contributed by atoms with E-state index in [9.17, 15) is 4.79 Å². The summed E-state index contributed by atoms with van der Waals surface area (Å²) in [6, 6.07) is 0. The van der Waals surface area contributed by atoms with Gasteiger partial charge in [0, 0.05) is 5.41 Å². The van der Waals surface area contributed by atoms with Crippen molar-refractivity contribution in [2.24, 2.45) is 11.3 Å². The lowest BCUT2D eigenvalue weighted by Gasteiger charge is -2.18. The minimum atomic E-state index is 0.0833. The Bertz CT molecular complexity index is 190. The van der Waals surface area contributed by atoms with Crippen molar-refractivity contribution in [3.8, 4) is 0 Å². The highest BCUT2D eigenvalue weighted by Gasteiger charge is 2.58. The van der Waals surface area contributed by atoms with Gasteiger partial charge in [0.2, 0.25) is 0 Å². The van der Waals surface area contributed by atoms with E-state index in [0.29, 0.717) is 11.7 Å². The fourth-order valence-electron chi connectivity index (χ4n) is 2.51. The van der Waals surface area contributed by atoms with Crippen molar-refractivity contribution in [2.45, 2.75) is 32.1 Å². The highest BCUT2D eigenvalue weighted by molar-refractivity contribution is 6.28. The smallest absolute Gasteiger partial charge is 0.154 e. The molecular weight excluding hydrogens is 160 g/mol. The molecule has 0 aliphatic heterocycles. The summed E-state index contributed by atoms with van der Waals surface area (Å²) in [5.74, 6) is 1.25. The summed E-state index contributed by atoms with van der Waals surface area (Å²) in [6.45, 7) is 0. The summed E-state index contributed by atoms with van der Waals surface area (Å²) in [6.07, 6.45) is 6.07. The van der Waals surface area contributed by atoms with Crippen LogP contribution in [0, 0.1) is 11.3 Å².